The molecule has 0 spiro atoms. The van der Waals surface area contributed by atoms with Crippen LogP contribution >= 0.6 is 0 Å². The molecular weight excluding hydrogens is 284 g/mol. The van der Waals surface area contributed by atoms with Crippen LogP contribution in [0.1, 0.15) is 37.4 Å². The minimum absolute atomic E-state index is 0.220. The Morgan fingerprint density at radius 3 is 1.50 bits per heavy atom. The van der Waals surface area contributed by atoms with Crippen LogP contribution in [0.2, 0.25) is 0 Å². The van der Waals surface area contributed by atoms with Gasteiger partial charge in [-0.1, -0.05) is 17.7 Å². The summed E-state index contributed by atoms with van der Waals surface area (Å²) < 4.78 is 0. The van der Waals surface area contributed by atoms with Crippen LogP contribution in [0.15, 0.2) is 24.3 Å². The maximum Gasteiger partial charge on any atom is 0.157 e. The van der Waals surface area contributed by atoms with E-state index in [2.05, 4.69) is 0 Å². The van der Waals surface area contributed by atoms with Gasteiger partial charge in [-0.3, -0.25) is 9.59 Å². The quantitative estimate of drug-likeness (QED) is 0.741. The predicted molar refractivity (Wildman–Crippen MR) is 82.9 cm³/mol. The van der Waals surface area contributed by atoms with Crippen LogP contribution in [0.4, 0.5) is 0 Å². The molecule has 3 N–H and O–H groups in total. The van der Waals surface area contributed by atoms with E-state index in [0.29, 0.717) is 6.29 Å². The van der Waals surface area contributed by atoms with Crippen molar-refractivity contribution in [2.75, 3.05) is 0 Å². The first kappa shape index (κ1) is 17.2. The number of aldehydes is 2. The summed E-state index contributed by atoms with van der Waals surface area (Å²) >= 11 is 0. The number of aryl methyl sites for hydroxylation is 3. The van der Waals surface area contributed by atoms with Crippen molar-refractivity contribution >= 4 is 12.6 Å². The van der Waals surface area contributed by atoms with E-state index in [9.17, 15) is 9.59 Å². The first-order valence-corrected chi connectivity index (χ1v) is 6.53. The zero-order valence-corrected chi connectivity index (χ0v) is 12.6. The summed E-state index contributed by atoms with van der Waals surface area (Å²) in [6.45, 7) is 5.96. The lowest BCUT2D eigenvalue weighted by Crippen LogP contribution is -1.91. The molecule has 0 aliphatic carbocycles. The van der Waals surface area contributed by atoms with Gasteiger partial charge in [0.15, 0.2) is 12.6 Å². The normalized spacial score (nSPS) is 9.59. The summed E-state index contributed by atoms with van der Waals surface area (Å²) in [5, 5.41) is 26.6. The molecule has 0 aliphatic heterocycles. The molecule has 0 radical (unpaired) electrons. The number of benzene rings is 2. The third-order valence-corrected chi connectivity index (χ3v) is 3.09. The average Bonchev–Trinajstić information content (AvgIpc) is 2.38. The Labute approximate surface area is 128 Å². The Morgan fingerprint density at radius 1 is 0.727 bits per heavy atom. The van der Waals surface area contributed by atoms with E-state index in [1.165, 1.54) is 5.56 Å². The van der Waals surface area contributed by atoms with Gasteiger partial charge in [-0.05, 0) is 31.9 Å². The lowest BCUT2D eigenvalue weighted by Gasteiger charge is -2.03. The van der Waals surface area contributed by atoms with Crippen LogP contribution < -0.4 is 0 Å². The Morgan fingerprint density at radius 2 is 1.14 bits per heavy atom. The fourth-order valence-corrected chi connectivity index (χ4v) is 2.11. The molecular formula is C17H18O5. The van der Waals surface area contributed by atoms with Crippen molar-refractivity contribution in [2.24, 2.45) is 0 Å². The van der Waals surface area contributed by atoms with Gasteiger partial charge >= 0.3 is 0 Å². The SMILES string of the molecule is Cc1cc(C)c(C=O)c(C)c1.O=Cc1c(O)cc(O)cc1O. The summed E-state index contributed by atoms with van der Waals surface area (Å²) in [7, 11) is 0. The van der Waals surface area contributed by atoms with E-state index >= 15 is 0 Å². The Bertz CT molecular complexity index is 597. The zero-order valence-electron chi connectivity index (χ0n) is 12.6. The van der Waals surface area contributed by atoms with E-state index in [-0.39, 0.29) is 11.3 Å². The largest absolute Gasteiger partial charge is 0.508 e. The highest BCUT2D eigenvalue weighted by Gasteiger charge is 2.07. The molecule has 2 rings (SSSR count). The van der Waals surface area contributed by atoms with E-state index in [1.54, 1.807) is 0 Å². The molecule has 5 heteroatoms. The van der Waals surface area contributed by atoms with Gasteiger partial charge < -0.3 is 15.3 Å². The Balaban J connectivity index is 0.000000220. The molecule has 0 aromatic heterocycles. The van der Waals surface area contributed by atoms with Crippen LogP contribution in [0, 0.1) is 20.8 Å². The van der Waals surface area contributed by atoms with Crippen LogP contribution in [0.3, 0.4) is 0 Å². The van der Waals surface area contributed by atoms with Crippen molar-refractivity contribution in [3.63, 3.8) is 0 Å². The van der Waals surface area contributed by atoms with E-state index in [4.69, 9.17) is 15.3 Å². The predicted octanol–water partition coefficient (Wildman–Crippen LogP) is 3.04. The van der Waals surface area contributed by atoms with Crippen molar-refractivity contribution in [1.82, 2.24) is 0 Å². The molecule has 0 aliphatic rings. The number of hydrogen-bond donors (Lipinski definition) is 3. The molecule has 2 aromatic carbocycles. The monoisotopic (exact) mass is 302 g/mol. The van der Waals surface area contributed by atoms with Gasteiger partial charge in [0, 0.05) is 17.7 Å². The molecule has 2 aromatic rings. The van der Waals surface area contributed by atoms with Gasteiger partial charge in [0.1, 0.15) is 17.2 Å². The molecule has 0 unspecified atom stereocenters. The van der Waals surface area contributed by atoms with Crippen LogP contribution in [-0.4, -0.2) is 27.9 Å². The zero-order chi connectivity index (χ0) is 16.9. The number of phenolic OH excluding ortho intramolecular Hbond substituents is 3. The first-order valence-electron chi connectivity index (χ1n) is 6.53. The highest BCUT2D eigenvalue weighted by Crippen LogP contribution is 2.29. The standard InChI is InChI=1S/C10H12O.C7H6O4/c1-7-4-8(2)10(6-11)9(3)5-7;8-3-5-6(10)1-4(9)2-7(5)11/h4-6H,1-3H3;1-3,9-11H. The summed E-state index contributed by atoms with van der Waals surface area (Å²) in [6.07, 6.45) is 1.23. The molecule has 116 valence electrons. The smallest absolute Gasteiger partial charge is 0.157 e. The van der Waals surface area contributed by atoms with Crippen molar-refractivity contribution in [2.45, 2.75) is 20.8 Å². The third kappa shape index (κ3) is 4.09. The average molecular weight is 302 g/mol. The van der Waals surface area contributed by atoms with Gasteiger partial charge in [0.25, 0.3) is 0 Å². The van der Waals surface area contributed by atoms with E-state index in [0.717, 1.165) is 35.1 Å². The van der Waals surface area contributed by atoms with Gasteiger partial charge in [-0.15, -0.1) is 0 Å². The number of carbonyl (C=O) groups excluding carboxylic acids is 2. The molecule has 0 bridgehead atoms. The molecule has 0 saturated carbocycles. The summed E-state index contributed by atoms with van der Waals surface area (Å²) in [5.41, 5.74) is 3.96. The van der Waals surface area contributed by atoms with Gasteiger partial charge in [-0.25, -0.2) is 0 Å². The highest BCUT2D eigenvalue weighted by atomic mass is 16.3. The molecule has 0 atom stereocenters. The minimum atomic E-state index is -0.433. The van der Waals surface area contributed by atoms with Gasteiger partial charge in [0.05, 0.1) is 5.56 Å². The molecule has 5 nitrogen and oxygen atoms in total. The fraction of sp³-hybridized carbons (Fsp3) is 0.176. The van der Waals surface area contributed by atoms with Gasteiger partial charge in [0.2, 0.25) is 0 Å². The maximum atomic E-state index is 10.6. The lowest BCUT2D eigenvalue weighted by molar-refractivity contribution is 0.111. The topological polar surface area (TPSA) is 94.8 Å². The first-order chi connectivity index (χ1) is 10.3. The fourth-order valence-electron chi connectivity index (χ4n) is 2.11. The van der Waals surface area contributed by atoms with Crippen molar-refractivity contribution < 1.29 is 24.9 Å². The van der Waals surface area contributed by atoms with Crippen LogP contribution in [-0.2, 0) is 0 Å². The maximum absolute atomic E-state index is 10.6. The minimum Gasteiger partial charge on any atom is -0.508 e. The summed E-state index contributed by atoms with van der Waals surface area (Å²) in [4.78, 5) is 20.7. The van der Waals surface area contributed by atoms with Crippen molar-refractivity contribution in [3.8, 4) is 17.2 Å². The van der Waals surface area contributed by atoms with Crippen LogP contribution in [0.25, 0.3) is 0 Å². The molecule has 0 heterocycles. The van der Waals surface area contributed by atoms with E-state index < -0.39 is 11.5 Å². The number of aromatic hydroxyl groups is 3. The molecule has 0 saturated heterocycles. The number of hydrogen-bond acceptors (Lipinski definition) is 5. The number of carbonyl (C=O) groups is 2. The molecule has 0 fully saturated rings. The Kier molecular flexibility index (Phi) is 5.69. The van der Waals surface area contributed by atoms with Crippen LogP contribution in [0.5, 0.6) is 17.2 Å². The molecule has 22 heavy (non-hydrogen) atoms. The second kappa shape index (κ2) is 7.26. The van der Waals surface area contributed by atoms with Crippen molar-refractivity contribution in [1.29, 1.82) is 0 Å². The second-order valence-electron chi connectivity index (χ2n) is 4.95. The summed E-state index contributed by atoms with van der Waals surface area (Å²) in [6, 6.07) is 6.00. The molecule has 0 amide bonds. The van der Waals surface area contributed by atoms with Gasteiger partial charge in [-0.2, -0.15) is 0 Å². The van der Waals surface area contributed by atoms with E-state index in [1.807, 2.05) is 32.9 Å². The lowest BCUT2D eigenvalue weighted by atomic mass is 10.0. The highest BCUT2D eigenvalue weighted by molar-refractivity contribution is 5.83. The Hall–Kier alpha value is -2.82. The third-order valence-electron chi connectivity index (χ3n) is 3.09. The van der Waals surface area contributed by atoms with Crippen molar-refractivity contribution in [3.05, 3.63) is 52.1 Å². The number of rotatable bonds is 2. The summed E-state index contributed by atoms with van der Waals surface area (Å²) in [5.74, 6) is -1.15. The number of phenols is 3. The second-order valence-corrected chi connectivity index (χ2v) is 4.95.